The monoisotopic (exact) mass is 248 g/mol. The number of thioether (sulfide) groups is 1. The van der Waals surface area contributed by atoms with Crippen molar-refractivity contribution in [3.8, 4) is 0 Å². The van der Waals surface area contributed by atoms with Crippen LogP contribution in [0.5, 0.6) is 0 Å². The van der Waals surface area contributed by atoms with Gasteiger partial charge in [0.25, 0.3) is 10.1 Å². The van der Waals surface area contributed by atoms with Crippen LogP contribution in [0.25, 0.3) is 0 Å². The second kappa shape index (κ2) is 5.48. The molecule has 0 aliphatic heterocycles. The summed E-state index contributed by atoms with van der Waals surface area (Å²) in [6.45, 7) is 0. The van der Waals surface area contributed by atoms with E-state index in [1.54, 1.807) is 11.8 Å². The fourth-order valence-electron chi connectivity index (χ4n) is 1.08. The zero-order chi connectivity index (χ0) is 11.3. The van der Waals surface area contributed by atoms with Crippen LogP contribution in [-0.4, -0.2) is 24.5 Å². The molecule has 6 heteroatoms. The van der Waals surface area contributed by atoms with Gasteiger partial charge in [-0.1, -0.05) is 11.8 Å². The summed E-state index contributed by atoms with van der Waals surface area (Å²) in [4.78, 5) is 0. The van der Waals surface area contributed by atoms with Crippen LogP contribution in [0.15, 0.2) is 29.4 Å². The molecule has 84 valence electrons. The van der Waals surface area contributed by atoms with Gasteiger partial charge in [-0.25, -0.2) is 0 Å². The number of rotatable bonds is 5. The van der Waals surface area contributed by atoms with Gasteiger partial charge in [0.05, 0.1) is 5.75 Å². The van der Waals surface area contributed by atoms with Crippen molar-refractivity contribution in [1.29, 1.82) is 0 Å². The number of aromatic nitrogens is 1. The van der Waals surface area contributed by atoms with Crippen LogP contribution < -0.4 is 4.57 Å². The molecule has 0 saturated carbocycles. The Morgan fingerprint density at radius 3 is 2.80 bits per heavy atom. The van der Waals surface area contributed by atoms with Crippen LogP contribution in [0.3, 0.4) is 0 Å². The van der Waals surface area contributed by atoms with E-state index in [4.69, 9.17) is 4.55 Å². The van der Waals surface area contributed by atoms with Crippen molar-refractivity contribution in [2.75, 3.05) is 11.5 Å². The number of hydrogen-bond acceptors (Lipinski definition) is 3. The lowest BCUT2D eigenvalue weighted by atomic mass is 10.5. The predicted molar refractivity (Wildman–Crippen MR) is 59.4 cm³/mol. The highest BCUT2D eigenvalue weighted by molar-refractivity contribution is 7.99. The first-order valence-electron chi connectivity index (χ1n) is 4.52. The minimum absolute atomic E-state index is 0.170. The van der Waals surface area contributed by atoms with Crippen LogP contribution in [0.1, 0.15) is 6.42 Å². The number of hydrogen-bond donors (Lipinski definition) is 1. The number of aryl methyl sites for hydroxylation is 1. The highest BCUT2D eigenvalue weighted by Gasteiger charge is 2.07. The Morgan fingerprint density at radius 2 is 2.20 bits per heavy atom. The van der Waals surface area contributed by atoms with E-state index < -0.39 is 10.1 Å². The molecule has 0 amide bonds. The van der Waals surface area contributed by atoms with Gasteiger partial charge in [0.2, 0.25) is 5.03 Å². The van der Waals surface area contributed by atoms with E-state index in [1.165, 1.54) is 0 Å². The zero-order valence-corrected chi connectivity index (χ0v) is 10.1. The summed E-state index contributed by atoms with van der Waals surface area (Å²) in [5.74, 6) is 0.508. The van der Waals surface area contributed by atoms with Crippen molar-refractivity contribution in [1.82, 2.24) is 0 Å². The minimum atomic E-state index is -3.81. The van der Waals surface area contributed by atoms with E-state index in [2.05, 4.69) is 0 Å². The molecule has 0 aliphatic carbocycles. The van der Waals surface area contributed by atoms with Gasteiger partial charge in [0, 0.05) is 17.9 Å². The van der Waals surface area contributed by atoms with Gasteiger partial charge >= 0.3 is 0 Å². The largest absolute Gasteiger partial charge is 0.286 e. The Labute approximate surface area is 94.1 Å². The van der Waals surface area contributed by atoms with E-state index in [1.807, 2.05) is 36.0 Å². The predicted octanol–water partition coefficient (Wildman–Crippen LogP) is 0.881. The Morgan fingerprint density at radius 1 is 1.47 bits per heavy atom. The molecule has 15 heavy (non-hydrogen) atoms. The zero-order valence-electron chi connectivity index (χ0n) is 8.46. The molecule has 0 spiro atoms. The Kier molecular flexibility index (Phi) is 4.56. The third-order valence-corrected chi connectivity index (χ3v) is 3.82. The van der Waals surface area contributed by atoms with E-state index in [0.717, 1.165) is 5.03 Å². The molecule has 0 aromatic carbocycles. The Hall–Kier alpha value is -0.590. The molecule has 0 bridgehead atoms. The average molecular weight is 248 g/mol. The molecule has 0 unspecified atom stereocenters. The molecule has 1 rings (SSSR count). The van der Waals surface area contributed by atoms with Crippen molar-refractivity contribution < 1.29 is 17.5 Å². The summed E-state index contributed by atoms with van der Waals surface area (Å²) in [7, 11) is -1.87. The molecule has 0 radical (unpaired) electrons. The molecular formula is C9H14NO3S2+. The summed E-state index contributed by atoms with van der Waals surface area (Å²) in [5.41, 5.74) is 0. The van der Waals surface area contributed by atoms with Crippen molar-refractivity contribution in [3.05, 3.63) is 24.4 Å². The average Bonchev–Trinajstić information content (AvgIpc) is 2.13. The van der Waals surface area contributed by atoms with E-state index >= 15 is 0 Å². The number of pyridine rings is 1. The minimum Gasteiger partial charge on any atom is -0.286 e. The van der Waals surface area contributed by atoms with Gasteiger partial charge in [-0.15, -0.1) is 0 Å². The van der Waals surface area contributed by atoms with Crippen molar-refractivity contribution in [3.63, 3.8) is 0 Å². The third kappa shape index (κ3) is 5.15. The first-order chi connectivity index (χ1) is 6.99. The lowest BCUT2D eigenvalue weighted by Crippen LogP contribution is -2.29. The van der Waals surface area contributed by atoms with Gasteiger partial charge in [-0.05, 0) is 12.5 Å². The lowest BCUT2D eigenvalue weighted by molar-refractivity contribution is -0.708. The normalized spacial score (nSPS) is 11.6. The summed E-state index contributed by atoms with van der Waals surface area (Å²) < 4.78 is 31.4. The van der Waals surface area contributed by atoms with Crippen LogP contribution in [0.4, 0.5) is 0 Å². The second-order valence-corrected chi connectivity index (χ2v) is 5.83. The molecule has 0 saturated heterocycles. The maximum atomic E-state index is 10.5. The summed E-state index contributed by atoms with van der Waals surface area (Å²) in [5, 5.41) is 1.08. The van der Waals surface area contributed by atoms with Crippen molar-refractivity contribution in [2.24, 2.45) is 7.05 Å². The van der Waals surface area contributed by atoms with Crippen LogP contribution in [-0.2, 0) is 17.2 Å². The topological polar surface area (TPSA) is 58.2 Å². The van der Waals surface area contributed by atoms with E-state index in [-0.39, 0.29) is 5.75 Å². The number of nitrogens with zero attached hydrogens (tertiary/aromatic N) is 1. The molecule has 1 heterocycles. The first kappa shape index (κ1) is 12.5. The molecule has 4 nitrogen and oxygen atoms in total. The fraction of sp³-hybridized carbons (Fsp3) is 0.444. The maximum Gasteiger partial charge on any atom is 0.264 e. The lowest BCUT2D eigenvalue weighted by Gasteiger charge is -1.98. The van der Waals surface area contributed by atoms with Crippen molar-refractivity contribution >= 4 is 21.9 Å². The van der Waals surface area contributed by atoms with Gasteiger partial charge in [-0.2, -0.15) is 13.0 Å². The second-order valence-electron chi connectivity index (χ2n) is 3.14. The molecule has 1 aromatic rings. The summed E-state index contributed by atoms with van der Waals surface area (Å²) in [6, 6.07) is 5.84. The molecule has 0 fully saturated rings. The smallest absolute Gasteiger partial charge is 0.264 e. The quantitative estimate of drug-likeness (QED) is 0.364. The van der Waals surface area contributed by atoms with Gasteiger partial charge in [0.1, 0.15) is 7.05 Å². The Bertz CT molecular complexity index is 417. The van der Waals surface area contributed by atoms with Crippen LogP contribution in [0, 0.1) is 0 Å². The SMILES string of the molecule is C[n+]1ccccc1SCCCS(=O)(=O)O. The molecular weight excluding hydrogens is 234 g/mol. The van der Waals surface area contributed by atoms with Crippen LogP contribution in [0.2, 0.25) is 0 Å². The maximum absolute atomic E-state index is 10.5. The highest BCUT2D eigenvalue weighted by Crippen LogP contribution is 2.13. The Balaban J connectivity index is 2.36. The molecule has 1 aromatic heterocycles. The van der Waals surface area contributed by atoms with E-state index in [0.29, 0.717) is 12.2 Å². The fourth-order valence-corrected chi connectivity index (χ4v) is 2.70. The third-order valence-electron chi connectivity index (χ3n) is 1.80. The first-order valence-corrected chi connectivity index (χ1v) is 7.11. The summed E-state index contributed by atoms with van der Waals surface area (Å²) in [6.07, 6.45) is 2.39. The van der Waals surface area contributed by atoms with E-state index in [9.17, 15) is 8.42 Å². The molecule has 1 N–H and O–H groups in total. The van der Waals surface area contributed by atoms with Gasteiger partial charge in [-0.3, -0.25) is 4.55 Å². The standard InChI is InChI=1S/C9H13NO3S2/c1-10-6-3-2-5-9(10)14-7-4-8-15(11,12)13/h2-3,5-6H,4,7-8H2,1H3/p+1. The molecule has 0 aliphatic rings. The van der Waals surface area contributed by atoms with Gasteiger partial charge in [0.15, 0.2) is 6.20 Å². The van der Waals surface area contributed by atoms with Crippen molar-refractivity contribution in [2.45, 2.75) is 11.4 Å². The highest BCUT2D eigenvalue weighted by atomic mass is 32.2. The van der Waals surface area contributed by atoms with Crippen LogP contribution >= 0.6 is 11.8 Å². The summed E-state index contributed by atoms with van der Waals surface area (Å²) >= 11 is 1.58. The molecule has 0 atom stereocenters. The van der Waals surface area contributed by atoms with Gasteiger partial charge < -0.3 is 0 Å².